The summed E-state index contributed by atoms with van der Waals surface area (Å²) in [6.07, 6.45) is 9.95. The summed E-state index contributed by atoms with van der Waals surface area (Å²) in [5.74, 6) is -0.985. The van der Waals surface area contributed by atoms with Crippen molar-refractivity contribution in [3.05, 3.63) is 242 Å². The summed E-state index contributed by atoms with van der Waals surface area (Å²) in [6, 6.07) is 55.3. The number of rotatable bonds is 8. The van der Waals surface area contributed by atoms with Gasteiger partial charge in [0.05, 0.1) is 28.3 Å². The molecule has 3 heterocycles. The minimum Gasteiger partial charge on any atom is -1.00 e. The number of alkyl halides is 1. The molecule has 1 aromatic heterocycles. The normalized spacial score (nSPS) is 11.2. The number of allylic oxidation sites excluding steroid dienone is 1. The van der Waals surface area contributed by atoms with Crippen LogP contribution in [0.15, 0.2) is 208 Å². The van der Waals surface area contributed by atoms with Crippen molar-refractivity contribution in [2.75, 3.05) is 61.9 Å². The van der Waals surface area contributed by atoms with Crippen molar-refractivity contribution in [3.63, 3.8) is 0 Å². The smallest absolute Gasteiger partial charge is 1.00 e. The van der Waals surface area contributed by atoms with Crippen molar-refractivity contribution in [3.8, 4) is 0 Å². The number of fused-ring (bicyclic) bond motifs is 4. The molecule has 16 heteroatoms. The molecule has 0 saturated carbocycles. The zero-order chi connectivity index (χ0) is 57.6. The number of halogens is 3. The molecule has 0 bridgehead atoms. The second-order valence-corrected chi connectivity index (χ2v) is 16.4. The monoisotopic (exact) mass is 1200 g/mol. The van der Waals surface area contributed by atoms with Crippen molar-refractivity contribution < 1.29 is 66.2 Å². The number of carboxylic acids is 1. The number of H-pyrrole nitrogens is 1. The Morgan fingerprint density at radius 2 is 0.963 bits per heavy atom. The number of benzene rings is 8. The van der Waals surface area contributed by atoms with Gasteiger partial charge in [0.25, 0.3) is 5.91 Å². The van der Waals surface area contributed by atoms with Gasteiger partial charge in [-0.25, -0.2) is 15.3 Å². The van der Waals surface area contributed by atoms with Gasteiger partial charge in [-0.2, -0.15) is 0 Å². The number of carbonyl (C=O) groups is 4. The first-order valence-electron chi connectivity index (χ1n) is 25.7. The van der Waals surface area contributed by atoms with Gasteiger partial charge in [-0.15, -0.1) is 12.4 Å². The fraction of sp³-hybridized carbons (Fsp3) is 0.200. The molecule has 424 valence electrons. The van der Waals surface area contributed by atoms with E-state index < -0.39 is 13.1 Å². The number of nitrogens with one attached hydrogen (secondary N) is 2. The van der Waals surface area contributed by atoms with Crippen molar-refractivity contribution in [1.29, 1.82) is 0 Å². The summed E-state index contributed by atoms with van der Waals surface area (Å²) in [4.78, 5) is 58.7. The van der Waals surface area contributed by atoms with Crippen molar-refractivity contribution in [2.45, 2.75) is 25.7 Å². The molecule has 8 aromatic carbocycles. The molecule has 2 aliphatic heterocycles. The summed E-state index contributed by atoms with van der Waals surface area (Å²) in [7, 11) is 5.35. The average molecular weight is 1200 g/mol. The topological polar surface area (TPSA) is 156 Å². The van der Waals surface area contributed by atoms with Crippen molar-refractivity contribution in [2.24, 2.45) is 0 Å². The minimum absolute atomic E-state index is 0. The SMILES string of the molecule is C1CCOC1.C1CCOC1.C=CC(=O)c1cccc2ccccc12.CNOC.CON(C)C(=O)c1cccc2ccccc12.Cl.O=C(O)c1cccc2ccccc12.O=C(c1cc[nH]c1)c1cccc2ccccc12.[2H]CF.[Br-].[CH-]=C.[Mg+2]. The number of nitrogens with zero attached hydrogens (tertiary/aromatic N) is 1. The first-order valence-corrected chi connectivity index (χ1v) is 25.0. The number of ether oxygens (including phenoxy) is 2. The van der Waals surface area contributed by atoms with Crippen LogP contribution in [0.1, 0.15) is 74.0 Å². The molecule has 81 heavy (non-hydrogen) atoms. The molecule has 2 fully saturated rings. The van der Waals surface area contributed by atoms with Crippen LogP contribution in [0.2, 0.25) is 0 Å². The van der Waals surface area contributed by atoms with Gasteiger partial charge in [-0.05, 0) is 93.0 Å². The van der Waals surface area contributed by atoms with E-state index in [-0.39, 0.29) is 69.9 Å². The van der Waals surface area contributed by atoms with Crippen molar-refractivity contribution in [1.82, 2.24) is 15.5 Å². The first kappa shape index (κ1) is 72.1. The number of amides is 1. The maximum atomic E-state index is 12.3. The fourth-order valence-corrected chi connectivity index (χ4v) is 7.69. The number of hydrogen-bond acceptors (Lipinski definition) is 9. The number of carboxylic acid groups (broad SMARTS) is 1. The van der Waals surface area contributed by atoms with E-state index in [1.54, 1.807) is 57.9 Å². The summed E-state index contributed by atoms with van der Waals surface area (Å²) in [5.41, 5.74) is 5.61. The molecular formula is C65H72BrClFMgN3O9. The standard InChI is InChI=1S/C15H11NO.C13H13NO2.C13H10O.C11H8O2.2C4H8O.C2H7NO.C2H3.CH3F.BrH.ClH.Mg/c17-15(12-8-9-16-10-12)14-7-3-5-11-4-1-2-6-13(11)14;1-14(16-2)13(15)12-9-5-7-10-6-3-4-8-11(10)12;1-2-13(14)12-9-5-7-10-6-3-4-8-11(10)12;12-11(13)10-7-3-5-8-4-1-2-6-9(8)10;2*1-2-4-5-3-1;1-3-4-2;2*1-2;;;/h1-10,16H;3-9H,1-2H3;2-9H,1H2;1-7H,(H,12,13);2*1-4H2;3H,1-2H3;1H,2H2;1H3;2*1H;/q;;;;;;;-1;;;;+2/p-1/i;;;;;;;;1D;;;. The Morgan fingerprint density at radius 3 is 1.30 bits per heavy atom. The van der Waals surface area contributed by atoms with E-state index in [1.165, 1.54) is 43.9 Å². The van der Waals surface area contributed by atoms with E-state index in [0.717, 1.165) is 80.6 Å². The summed E-state index contributed by atoms with van der Waals surface area (Å²) >= 11 is 0. The Hall–Kier alpha value is -6.89. The number of ketones is 2. The predicted molar refractivity (Wildman–Crippen MR) is 327 cm³/mol. The molecule has 3 N–H and O–H groups in total. The van der Waals surface area contributed by atoms with Crippen LogP contribution in [-0.4, -0.2) is 124 Å². The van der Waals surface area contributed by atoms with Crippen LogP contribution in [0, 0.1) is 6.58 Å². The zero-order valence-electron chi connectivity index (χ0n) is 47.4. The largest absolute Gasteiger partial charge is 2.00 e. The van der Waals surface area contributed by atoms with E-state index in [2.05, 4.69) is 35.0 Å². The second kappa shape index (κ2) is 43.8. The van der Waals surface area contributed by atoms with Crippen LogP contribution in [0.5, 0.6) is 0 Å². The van der Waals surface area contributed by atoms with Crippen LogP contribution >= 0.6 is 12.4 Å². The van der Waals surface area contributed by atoms with Gasteiger partial charge in [-0.3, -0.25) is 30.2 Å². The van der Waals surface area contributed by atoms with E-state index in [4.69, 9.17) is 20.8 Å². The Bertz CT molecular complexity index is 3210. The van der Waals surface area contributed by atoms with Crippen LogP contribution in [0.25, 0.3) is 43.1 Å². The summed E-state index contributed by atoms with van der Waals surface area (Å²) in [5, 5.41) is 18.0. The molecule has 2 saturated heterocycles. The van der Waals surface area contributed by atoms with Gasteiger partial charge in [0.15, 0.2) is 11.6 Å². The van der Waals surface area contributed by atoms with Crippen LogP contribution < -0.4 is 22.5 Å². The number of aromatic carboxylic acids is 1. The van der Waals surface area contributed by atoms with E-state index in [0.29, 0.717) is 16.7 Å². The molecule has 0 spiro atoms. The van der Waals surface area contributed by atoms with Gasteiger partial charge in [0.2, 0.25) is 0 Å². The number of aromatic nitrogens is 1. The molecule has 11 rings (SSSR count). The Morgan fingerprint density at radius 1 is 0.630 bits per heavy atom. The van der Waals surface area contributed by atoms with Crippen molar-refractivity contribution >= 4 is 102 Å². The predicted octanol–water partition coefficient (Wildman–Crippen LogP) is 11.2. The van der Waals surface area contributed by atoms with E-state index in [9.17, 15) is 23.6 Å². The second-order valence-electron chi connectivity index (χ2n) is 16.4. The van der Waals surface area contributed by atoms with Gasteiger partial charge >= 0.3 is 29.0 Å². The van der Waals surface area contributed by atoms with Gasteiger partial charge in [0, 0.05) is 75.2 Å². The molecule has 0 aliphatic carbocycles. The maximum absolute atomic E-state index is 12.3. The third kappa shape index (κ3) is 24.4. The van der Waals surface area contributed by atoms with Gasteiger partial charge in [0.1, 0.15) is 0 Å². The van der Waals surface area contributed by atoms with E-state index >= 15 is 0 Å². The minimum atomic E-state index is -1.00. The van der Waals surface area contributed by atoms with Gasteiger partial charge in [-0.1, -0.05) is 164 Å². The quantitative estimate of drug-likeness (QED) is 0.0440. The number of hydrogen-bond donors (Lipinski definition) is 3. The molecule has 12 nitrogen and oxygen atoms in total. The Balaban J connectivity index is 0.000000955. The van der Waals surface area contributed by atoms with Crippen LogP contribution in [-0.2, 0) is 19.1 Å². The molecule has 0 unspecified atom stereocenters. The molecule has 9 aromatic rings. The molecule has 1 amide bonds. The molecule has 2 aliphatic rings. The summed E-state index contributed by atoms with van der Waals surface area (Å²) in [6.45, 7) is 14.5. The molecule has 0 atom stereocenters. The Labute approximate surface area is 510 Å². The Kier molecular flexibility index (Phi) is 39.0. The summed E-state index contributed by atoms with van der Waals surface area (Å²) < 4.78 is 25.4. The number of carbonyl (C=O) groups excluding carboxylic acids is 3. The number of hydroxylamine groups is 3. The fourth-order valence-electron chi connectivity index (χ4n) is 7.69. The van der Waals surface area contributed by atoms with Crippen LogP contribution in [0.4, 0.5) is 4.39 Å². The molecule has 0 radical (unpaired) electrons. The zero-order valence-corrected chi connectivity index (χ0v) is 50.2. The van der Waals surface area contributed by atoms with Gasteiger partial charge < -0.3 is 48.0 Å². The first-order chi connectivity index (χ1) is 38.5. The average Bonchev–Trinajstić information content (AvgIpc) is 4.42. The number of aromatic amines is 1. The molecular weight excluding hydrogens is 1130 g/mol. The van der Waals surface area contributed by atoms with E-state index in [1.807, 2.05) is 152 Å². The third-order valence-electron chi connectivity index (χ3n) is 11.6. The van der Waals surface area contributed by atoms with Crippen LogP contribution in [0.3, 0.4) is 0 Å². The maximum Gasteiger partial charge on any atom is 2.00 e. The third-order valence-corrected chi connectivity index (χ3v) is 11.6.